The van der Waals surface area contributed by atoms with Gasteiger partial charge in [-0.1, -0.05) is 162 Å². The molecule has 0 radical (unpaired) electrons. The minimum atomic E-state index is -0.114. The first-order valence-electron chi connectivity index (χ1n) is 20.3. The molecule has 0 N–H and O–H groups in total. The van der Waals surface area contributed by atoms with E-state index in [2.05, 4.69) is 204 Å². The number of aryl methyl sites for hydroxylation is 1. The van der Waals surface area contributed by atoms with Crippen LogP contribution >= 0.6 is 0 Å². The van der Waals surface area contributed by atoms with Gasteiger partial charge in [-0.25, -0.2) is 0 Å². The summed E-state index contributed by atoms with van der Waals surface area (Å²) in [5.41, 5.74) is 20.4. The molecule has 56 heavy (non-hydrogen) atoms. The molecule has 0 heterocycles. The molecule has 0 saturated heterocycles. The second-order valence-electron chi connectivity index (χ2n) is 17.1. The minimum absolute atomic E-state index is 0.114. The number of rotatable bonds is 10. The molecule has 9 rings (SSSR count). The van der Waals surface area contributed by atoms with Gasteiger partial charge in [0.15, 0.2) is 0 Å². The highest BCUT2D eigenvalue weighted by atomic mass is 15.1. The first-order chi connectivity index (χ1) is 27.1. The fourth-order valence-corrected chi connectivity index (χ4v) is 9.53. The van der Waals surface area contributed by atoms with Gasteiger partial charge in [0.05, 0.1) is 5.69 Å². The highest BCUT2D eigenvalue weighted by molar-refractivity contribution is 5.93. The quantitative estimate of drug-likeness (QED) is 0.127. The predicted octanol–water partition coefficient (Wildman–Crippen LogP) is 15.2. The number of fused-ring (bicyclic) bond motifs is 6. The summed E-state index contributed by atoms with van der Waals surface area (Å²) in [5.74, 6) is 0.648. The van der Waals surface area contributed by atoms with Crippen LogP contribution < -0.4 is 4.90 Å². The molecule has 0 aromatic heterocycles. The Labute approximate surface area is 334 Å². The van der Waals surface area contributed by atoms with Crippen LogP contribution in [0, 0.1) is 5.92 Å². The molecule has 7 aromatic carbocycles. The molecule has 2 aliphatic carbocycles. The molecule has 1 heteroatoms. The zero-order valence-corrected chi connectivity index (χ0v) is 33.4. The molecule has 0 spiro atoms. The fourth-order valence-electron chi connectivity index (χ4n) is 9.53. The lowest BCUT2D eigenvalue weighted by molar-refractivity contribution is 0.541. The SMILES string of the molecule is C=CCC(C)CCc1ccc(-c2ccc(N(c3ccc4c(c3)C(C)(C)c3ccccc3-4)c3ccc4c(c3)C(C)(C)c3ccccc3-4)c(-c3ccccc3)c2)cc1. The van der Waals surface area contributed by atoms with E-state index in [-0.39, 0.29) is 10.8 Å². The van der Waals surface area contributed by atoms with Crippen molar-refractivity contribution in [3.05, 3.63) is 198 Å². The average molecular weight is 726 g/mol. The van der Waals surface area contributed by atoms with E-state index in [1.807, 2.05) is 6.08 Å². The van der Waals surface area contributed by atoms with Gasteiger partial charge in [-0.3, -0.25) is 0 Å². The number of hydrogen-bond donors (Lipinski definition) is 0. The van der Waals surface area contributed by atoms with Gasteiger partial charge in [0.2, 0.25) is 0 Å². The van der Waals surface area contributed by atoms with Crippen molar-refractivity contribution in [2.75, 3.05) is 4.90 Å². The number of allylic oxidation sites excluding steroid dienone is 1. The van der Waals surface area contributed by atoms with Crippen LogP contribution in [-0.2, 0) is 17.3 Å². The van der Waals surface area contributed by atoms with Crippen LogP contribution in [0.4, 0.5) is 17.1 Å². The topological polar surface area (TPSA) is 3.24 Å². The van der Waals surface area contributed by atoms with Crippen molar-refractivity contribution in [1.82, 2.24) is 0 Å². The summed E-state index contributed by atoms with van der Waals surface area (Å²) in [6.45, 7) is 15.7. The molecular formula is C55H51N. The minimum Gasteiger partial charge on any atom is -0.310 e. The van der Waals surface area contributed by atoms with Crippen LogP contribution in [-0.4, -0.2) is 0 Å². The largest absolute Gasteiger partial charge is 0.310 e. The third-order valence-corrected chi connectivity index (χ3v) is 12.8. The van der Waals surface area contributed by atoms with E-state index in [0.717, 1.165) is 29.9 Å². The zero-order valence-electron chi connectivity index (χ0n) is 33.4. The molecule has 0 saturated carbocycles. The summed E-state index contributed by atoms with van der Waals surface area (Å²) in [7, 11) is 0. The van der Waals surface area contributed by atoms with Crippen molar-refractivity contribution in [2.24, 2.45) is 5.92 Å². The van der Waals surface area contributed by atoms with Crippen LogP contribution in [0.5, 0.6) is 0 Å². The van der Waals surface area contributed by atoms with E-state index >= 15 is 0 Å². The Hall–Kier alpha value is -5.92. The second-order valence-corrected chi connectivity index (χ2v) is 17.1. The van der Waals surface area contributed by atoms with Gasteiger partial charge >= 0.3 is 0 Å². The van der Waals surface area contributed by atoms with Gasteiger partial charge in [0, 0.05) is 27.8 Å². The zero-order chi connectivity index (χ0) is 38.6. The summed E-state index contributed by atoms with van der Waals surface area (Å²) in [4.78, 5) is 2.51. The Kier molecular flexibility index (Phi) is 8.93. The van der Waals surface area contributed by atoms with Crippen molar-refractivity contribution in [3.8, 4) is 44.5 Å². The van der Waals surface area contributed by atoms with E-state index in [1.54, 1.807) is 0 Å². The van der Waals surface area contributed by atoms with Gasteiger partial charge in [-0.15, -0.1) is 6.58 Å². The number of nitrogens with zero attached hydrogens (tertiary/aromatic N) is 1. The van der Waals surface area contributed by atoms with Crippen LogP contribution in [0.15, 0.2) is 170 Å². The van der Waals surface area contributed by atoms with Crippen LogP contribution in [0.2, 0.25) is 0 Å². The lowest BCUT2D eigenvalue weighted by Crippen LogP contribution is -2.18. The number of anilines is 3. The monoisotopic (exact) mass is 725 g/mol. The van der Waals surface area contributed by atoms with Crippen molar-refractivity contribution < 1.29 is 0 Å². The summed E-state index contributed by atoms with van der Waals surface area (Å²) in [6, 6.07) is 59.4. The van der Waals surface area contributed by atoms with E-state index < -0.39 is 0 Å². The summed E-state index contributed by atoms with van der Waals surface area (Å²) in [6.07, 6.45) is 5.37. The van der Waals surface area contributed by atoms with Crippen molar-refractivity contribution in [2.45, 2.75) is 64.7 Å². The van der Waals surface area contributed by atoms with E-state index in [4.69, 9.17) is 0 Å². The van der Waals surface area contributed by atoms with Gasteiger partial charge < -0.3 is 4.90 Å². The number of hydrogen-bond acceptors (Lipinski definition) is 1. The van der Waals surface area contributed by atoms with E-state index in [0.29, 0.717) is 5.92 Å². The number of benzene rings is 7. The first kappa shape index (κ1) is 35.8. The first-order valence-corrected chi connectivity index (χ1v) is 20.3. The molecule has 0 aliphatic heterocycles. The van der Waals surface area contributed by atoms with Gasteiger partial charge in [-0.2, -0.15) is 0 Å². The lowest BCUT2D eigenvalue weighted by atomic mass is 9.82. The highest BCUT2D eigenvalue weighted by Gasteiger charge is 2.38. The van der Waals surface area contributed by atoms with Gasteiger partial charge in [0.1, 0.15) is 0 Å². The van der Waals surface area contributed by atoms with E-state index in [1.165, 1.54) is 78.7 Å². The summed E-state index contributed by atoms with van der Waals surface area (Å²) < 4.78 is 0. The summed E-state index contributed by atoms with van der Waals surface area (Å²) >= 11 is 0. The molecule has 0 amide bonds. The Morgan fingerprint density at radius 3 is 1.59 bits per heavy atom. The molecule has 0 bridgehead atoms. The van der Waals surface area contributed by atoms with E-state index in [9.17, 15) is 0 Å². The maximum Gasteiger partial charge on any atom is 0.0540 e. The van der Waals surface area contributed by atoms with Crippen molar-refractivity contribution >= 4 is 17.1 Å². The predicted molar refractivity (Wildman–Crippen MR) is 239 cm³/mol. The van der Waals surface area contributed by atoms with Gasteiger partial charge in [0.25, 0.3) is 0 Å². The Balaban J connectivity index is 1.21. The van der Waals surface area contributed by atoms with Crippen molar-refractivity contribution in [1.29, 1.82) is 0 Å². The van der Waals surface area contributed by atoms with Crippen LogP contribution in [0.25, 0.3) is 44.5 Å². The molecule has 7 aromatic rings. The lowest BCUT2D eigenvalue weighted by Gasteiger charge is -2.31. The van der Waals surface area contributed by atoms with Crippen molar-refractivity contribution in [3.63, 3.8) is 0 Å². The molecule has 276 valence electrons. The highest BCUT2D eigenvalue weighted by Crippen LogP contribution is 2.54. The molecule has 2 aliphatic rings. The molecular weight excluding hydrogens is 675 g/mol. The van der Waals surface area contributed by atoms with Gasteiger partial charge in [-0.05, 0) is 128 Å². The second kappa shape index (κ2) is 14.0. The summed E-state index contributed by atoms with van der Waals surface area (Å²) in [5, 5.41) is 0. The Morgan fingerprint density at radius 1 is 0.500 bits per heavy atom. The third kappa shape index (κ3) is 6.02. The Bertz CT molecular complexity index is 2480. The maximum absolute atomic E-state index is 3.93. The maximum atomic E-state index is 3.93. The Morgan fingerprint density at radius 2 is 1.02 bits per heavy atom. The standard InChI is InChI=1S/C55H51N/c1-7-15-37(2)22-23-38-24-26-39(27-25-38)41-28-33-53(48(34-41)40-16-9-8-10-17-40)56(42-29-31-46-44-18-11-13-20-49(44)54(3,4)51(46)35-42)43-30-32-47-45-19-12-14-21-50(45)55(5,6)52(47)36-43/h7-14,16-21,24-37H,1,15,22-23H2,2-6H3. The molecule has 1 atom stereocenters. The third-order valence-electron chi connectivity index (χ3n) is 12.8. The molecule has 0 fully saturated rings. The molecule has 1 unspecified atom stereocenters. The van der Waals surface area contributed by atoms with Crippen LogP contribution in [0.3, 0.4) is 0 Å². The fraction of sp³-hybridized carbons (Fsp3) is 0.200. The smallest absolute Gasteiger partial charge is 0.0540 e. The van der Waals surface area contributed by atoms with Crippen LogP contribution in [0.1, 0.15) is 75.3 Å². The average Bonchev–Trinajstić information content (AvgIpc) is 3.60. The normalized spacial score (nSPS) is 14.7. The molecule has 1 nitrogen and oxygen atoms in total.